The maximum Gasteiger partial charge on any atom is 0.336 e. The Bertz CT molecular complexity index is 877. The zero-order chi connectivity index (χ0) is 18.8. The van der Waals surface area contributed by atoms with Crippen LogP contribution in [0.1, 0.15) is 30.9 Å². The van der Waals surface area contributed by atoms with Gasteiger partial charge >= 0.3 is 5.63 Å². The van der Waals surface area contributed by atoms with E-state index in [1.54, 1.807) is 6.07 Å². The Morgan fingerprint density at radius 1 is 1.19 bits per heavy atom. The molecule has 1 amide bonds. The van der Waals surface area contributed by atoms with Gasteiger partial charge in [-0.1, -0.05) is 19.1 Å². The number of fused-ring (bicyclic) bond motifs is 1. The molecule has 2 aliphatic heterocycles. The van der Waals surface area contributed by atoms with E-state index < -0.39 is 0 Å². The number of hydrogen-bond donors (Lipinski definition) is 0. The van der Waals surface area contributed by atoms with Crippen molar-refractivity contribution in [2.24, 2.45) is 0 Å². The average Bonchev–Trinajstić information content (AvgIpc) is 3.22. The Morgan fingerprint density at radius 3 is 2.70 bits per heavy atom. The molecular weight excluding hydrogens is 344 g/mol. The van der Waals surface area contributed by atoms with Gasteiger partial charge in [-0.3, -0.25) is 9.69 Å². The monoisotopic (exact) mass is 370 g/mol. The van der Waals surface area contributed by atoms with Gasteiger partial charge in [0.05, 0.1) is 0 Å². The van der Waals surface area contributed by atoms with Crippen LogP contribution in [0, 0.1) is 0 Å². The molecule has 6 heteroatoms. The lowest BCUT2D eigenvalue weighted by atomic mass is 10.1. The largest absolute Gasteiger partial charge is 0.423 e. The van der Waals surface area contributed by atoms with E-state index in [2.05, 4.69) is 17.9 Å². The molecule has 6 nitrogen and oxygen atoms in total. The highest BCUT2D eigenvalue weighted by atomic mass is 16.5. The minimum Gasteiger partial charge on any atom is -0.423 e. The van der Waals surface area contributed by atoms with Crippen molar-refractivity contribution in [1.82, 2.24) is 9.80 Å². The third kappa shape index (κ3) is 3.92. The molecule has 0 aliphatic carbocycles. The summed E-state index contributed by atoms with van der Waals surface area (Å²) < 4.78 is 10.9. The first-order valence-electron chi connectivity index (χ1n) is 9.82. The van der Waals surface area contributed by atoms with Crippen molar-refractivity contribution in [3.8, 4) is 0 Å². The first kappa shape index (κ1) is 18.2. The molecule has 0 radical (unpaired) electrons. The van der Waals surface area contributed by atoms with E-state index in [0.717, 1.165) is 48.9 Å². The van der Waals surface area contributed by atoms with Crippen molar-refractivity contribution < 1.29 is 13.9 Å². The minimum atomic E-state index is -0.307. The standard InChI is InChI=1S/C21H26N2O4/c1-2-15-5-6-17-16(13-20(24)27-19(17)12-15)14-22-7-9-23(10-8-22)21(25)18-4-3-11-26-18/h5-6,12-13,18H,2-4,7-11,14H2,1H3. The van der Waals surface area contributed by atoms with Gasteiger partial charge in [0.15, 0.2) is 0 Å². The molecule has 3 heterocycles. The van der Waals surface area contributed by atoms with E-state index in [0.29, 0.717) is 31.8 Å². The van der Waals surface area contributed by atoms with Crippen molar-refractivity contribution in [1.29, 1.82) is 0 Å². The summed E-state index contributed by atoms with van der Waals surface area (Å²) in [6.45, 7) is 6.48. The van der Waals surface area contributed by atoms with Crippen LogP contribution < -0.4 is 5.63 Å². The van der Waals surface area contributed by atoms with Crippen LogP contribution in [0.15, 0.2) is 33.5 Å². The Kier molecular flexibility index (Phi) is 5.27. The molecule has 2 aromatic rings. The molecule has 0 spiro atoms. The SMILES string of the molecule is CCc1ccc2c(CN3CCN(C(=O)C4CCCO4)CC3)cc(=O)oc2c1. The lowest BCUT2D eigenvalue weighted by molar-refractivity contribution is -0.142. The summed E-state index contributed by atoms with van der Waals surface area (Å²) >= 11 is 0. The number of amides is 1. The molecule has 4 rings (SSSR count). The summed E-state index contributed by atoms with van der Waals surface area (Å²) in [4.78, 5) is 28.7. The van der Waals surface area contributed by atoms with Gasteiger partial charge < -0.3 is 14.1 Å². The first-order chi connectivity index (χ1) is 13.1. The maximum atomic E-state index is 12.5. The number of ether oxygens (including phenoxy) is 1. The summed E-state index contributed by atoms with van der Waals surface area (Å²) in [5.41, 5.74) is 2.49. The Labute approximate surface area is 158 Å². The summed E-state index contributed by atoms with van der Waals surface area (Å²) in [6.07, 6.45) is 2.47. The van der Waals surface area contributed by atoms with Gasteiger partial charge in [-0.2, -0.15) is 0 Å². The molecular formula is C21H26N2O4. The fraction of sp³-hybridized carbons (Fsp3) is 0.524. The van der Waals surface area contributed by atoms with Gasteiger partial charge in [-0.25, -0.2) is 4.79 Å². The van der Waals surface area contributed by atoms with Gasteiger partial charge in [-0.05, 0) is 36.5 Å². The second-order valence-electron chi connectivity index (χ2n) is 7.38. The predicted octanol–water partition coefficient (Wildman–Crippen LogP) is 2.18. The Balaban J connectivity index is 1.44. The van der Waals surface area contributed by atoms with Crippen LogP contribution in [0.25, 0.3) is 11.0 Å². The second kappa shape index (κ2) is 7.82. The minimum absolute atomic E-state index is 0.130. The second-order valence-corrected chi connectivity index (χ2v) is 7.38. The third-order valence-electron chi connectivity index (χ3n) is 5.59. The van der Waals surface area contributed by atoms with Crippen LogP contribution in [0.2, 0.25) is 0 Å². The van der Waals surface area contributed by atoms with E-state index in [4.69, 9.17) is 9.15 Å². The van der Waals surface area contributed by atoms with E-state index in [-0.39, 0.29) is 17.6 Å². The molecule has 2 aliphatic rings. The zero-order valence-electron chi connectivity index (χ0n) is 15.8. The molecule has 0 saturated carbocycles. The van der Waals surface area contributed by atoms with Gasteiger partial charge in [0.1, 0.15) is 11.7 Å². The number of aryl methyl sites for hydroxylation is 1. The van der Waals surface area contributed by atoms with Crippen LogP contribution in [0.3, 0.4) is 0 Å². The molecule has 1 unspecified atom stereocenters. The molecule has 27 heavy (non-hydrogen) atoms. The maximum absolute atomic E-state index is 12.5. The number of piperazine rings is 1. The van der Waals surface area contributed by atoms with Crippen LogP contribution in [-0.2, 0) is 22.5 Å². The fourth-order valence-corrected chi connectivity index (χ4v) is 3.97. The molecule has 0 N–H and O–H groups in total. The molecule has 144 valence electrons. The summed E-state index contributed by atoms with van der Waals surface area (Å²) in [5, 5.41) is 0.990. The summed E-state index contributed by atoms with van der Waals surface area (Å²) in [7, 11) is 0. The molecule has 1 aromatic carbocycles. The van der Waals surface area contributed by atoms with E-state index in [1.807, 2.05) is 17.0 Å². The smallest absolute Gasteiger partial charge is 0.336 e. The highest BCUT2D eigenvalue weighted by Crippen LogP contribution is 2.22. The van der Waals surface area contributed by atoms with Gasteiger partial charge in [0, 0.05) is 50.8 Å². The lowest BCUT2D eigenvalue weighted by Gasteiger charge is -2.35. The van der Waals surface area contributed by atoms with Crippen LogP contribution in [-0.4, -0.2) is 54.6 Å². The fourth-order valence-electron chi connectivity index (χ4n) is 3.97. The number of carbonyl (C=O) groups is 1. The first-order valence-corrected chi connectivity index (χ1v) is 9.82. The van der Waals surface area contributed by atoms with Crippen molar-refractivity contribution in [2.45, 2.75) is 38.8 Å². The molecule has 0 bridgehead atoms. The van der Waals surface area contributed by atoms with Crippen molar-refractivity contribution in [3.63, 3.8) is 0 Å². The van der Waals surface area contributed by atoms with Gasteiger partial charge in [0.25, 0.3) is 5.91 Å². The van der Waals surface area contributed by atoms with E-state index in [1.165, 1.54) is 0 Å². The number of rotatable bonds is 4. The van der Waals surface area contributed by atoms with Crippen molar-refractivity contribution in [3.05, 3.63) is 45.8 Å². The molecule has 2 fully saturated rings. The highest BCUT2D eigenvalue weighted by molar-refractivity contribution is 5.81. The predicted molar refractivity (Wildman–Crippen MR) is 103 cm³/mol. The van der Waals surface area contributed by atoms with Crippen LogP contribution in [0.4, 0.5) is 0 Å². The van der Waals surface area contributed by atoms with E-state index >= 15 is 0 Å². The van der Waals surface area contributed by atoms with E-state index in [9.17, 15) is 9.59 Å². The zero-order valence-corrected chi connectivity index (χ0v) is 15.8. The van der Waals surface area contributed by atoms with Crippen LogP contribution in [0.5, 0.6) is 0 Å². The van der Waals surface area contributed by atoms with Gasteiger partial charge in [0.2, 0.25) is 0 Å². The molecule has 1 aromatic heterocycles. The molecule has 2 saturated heterocycles. The average molecular weight is 370 g/mol. The highest BCUT2D eigenvalue weighted by Gasteiger charge is 2.30. The number of carbonyl (C=O) groups excluding carboxylic acids is 1. The number of benzene rings is 1. The normalized spacial score (nSPS) is 21.1. The quantitative estimate of drug-likeness (QED) is 0.772. The summed E-state index contributed by atoms with van der Waals surface area (Å²) in [5.74, 6) is 0.130. The lowest BCUT2D eigenvalue weighted by Crippen LogP contribution is -2.51. The Hall–Kier alpha value is -2.18. The topological polar surface area (TPSA) is 63.0 Å². The van der Waals surface area contributed by atoms with Crippen molar-refractivity contribution >= 4 is 16.9 Å². The summed E-state index contributed by atoms with van der Waals surface area (Å²) in [6, 6.07) is 7.68. The van der Waals surface area contributed by atoms with Gasteiger partial charge in [-0.15, -0.1) is 0 Å². The molecule has 1 atom stereocenters. The number of nitrogens with zero attached hydrogens (tertiary/aromatic N) is 2. The Morgan fingerprint density at radius 2 is 2.00 bits per heavy atom. The third-order valence-corrected chi connectivity index (χ3v) is 5.59. The number of hydrogen-bond acceptors (Lipinski definition) is 5. The van der Waals surface area contributed by atoms with Crippen molar-refractivity contribution in [2.75, 3.05) is 32.8 Å². The van der Waals surface area contributed by atoms with Crippen LogP contribution >= 0.6 is 0 Å².